The molecule has 6 heteroatoms. The number of nitriles is 1. The molecule has 3 rings (SSSR count). The summed E-state index contributed by atoms with van der Waals surface area (Å²) < 4.78 is 2.23. The van der Waals surface area contributed by atoms with E-state index in [2.05, 4.69) is 82.9 Å². The van der Waals surface area contributed by atoms with Crippen LogP contribution in [0.2, 0.25) is 0 Å². The van der Waals surface area contributed by atoms with E-state index in [0.717, 1.165) is 19.8 Å². The molecule has 2 aromatic rings. The molecule has 1 saturated heterocycles. The van der Waals surface area contributed by atoms with Crippen LogP contribution in [0.25, 0.3) is 11.1 Å². The molecule has 0 spiro atoms. The van der Waals surface area contributed by atoms with Gasteiger partial charge in [0.05, 0.1) is 25.0 Å². The molecule has 0 saturated carbocycles. The summed E-state index contributed by atoms with van der Waals surface area (Å²) in [7, 11) is 2.12. The van der Waals surface area contributed by atoms with Crippen molar-refractivity contribution in [3.8, 4) is 17.2 Å². The Bertz CT molecular complexity index is 878. The molecule has 0 radical (unpaired) electrons. The third-order valence-corrected chi connectivity index (χ3v) is 7.83. The van der Waals surface area contributed by atoms with Crippen LogP contribution in [0.5, 0.6) is 0 Å². The van der Waals surface area contributed by atoms with Gasteiger partial charge in [0.25, 0.3) is 0 Å². The third kappa shape index (κ3) is 6.84. The molecule has 4 nitrogen and oxygen atoms in total. The minimum absolute atomic E-state index is 0.494. The van der Waals surface area contributed by atoms with Crippen LogP contribution < -0.4 is 9.21 Å². The molecule has 32 heavy (non-hydrogen) atoms. The van der Waals surface area contributed by atoms with Crippen molar-refractivity contribution in [1.29, 1.82) is 5.26 Å². The molecule has 1 aliphatic rings. The molecule has 0 bridgehead atoms. The zero-order valence-electron chi connectivity index (χ0n) is 19.7. The van der Waals surface area contributed by atoms with Gasteiger partial charge in [0, 0.05) is 42.5 Å². The minimum Gasteiger partial charge on any atom is -0.357 e. The average molecular weight is 469 g/mol. The van der Waals surface area contributed by atoms with E-state index in [1.165, 1.54) is 65.3 Å². The van der Waals surface area contributed by atoms with Gasteiger partial charge in [-0.2, -0.15) is 5.26 Å². The van der Waals surface area contributed by atoms with E-state index in [9.17, 15) is 0 Å². The van der Waals surface area contributed by atoms with Crippen LogP contribution >= 0.6 is 23.7 Å². The van der Waals surface area contributed by atoms with Gasteiger partial charge in [0.15, 0.2) is 0 Å². The summed E-state index contributed by atoms with van der Waals surface area (Å²) in [6, 6.07) is 18.1. The number of nitrogens with zero attached hydrogens (tertiary/aromatic N) is 4. The Hall–Kier alpha value is -1.81. The predicted molar refractivity (Wildman–Crippen MR) is 143 cm³/mol. The fourth-order valence-electron chi connectivity index (χ4n) is 4.04. The summed E-state index contributed by atoms with van der Waals surface area (Å²) in [5.74, 6) is 1.20. The van der Waals surface area contributed by atoms with Crippen molar-refractivity contribution in [3.63, 3.8) is 0 Å². The maximum atomic E-state index is 9.01. The topological polar surface area (TPSA) is 33.5 Å². The molecule has 0 atom stereocenters. The highest BCUT2D eigenvalue weighted by Crippen LogP contribution is 2.37. The van der Waals surface area contributed by atoms with Gasteiger partial charge in [0.2, 0.25) is 0 Å². The van der Waals surface area contributed by atoms with E-state index in [4.69, 9.17) is 5.26 Å². The molecule has 1 fully saturated rings. The monoisotopic (exact) mass is 468 g/mol. The quantitative estimate of drug-likeness (QED) is 0.149. The molecule has 172 valence electrons. The van der Waals surface area contributed by atoms with Gasteiger partial charge in [-0.15, -0.1) is 11.8 Å². The van der Waals surface area contributed by atoms with Crippen molar-refractivity contribution in [2.45, 2.75) is 43.9 Å². The van der Waals surface area contributed by atoms with Gasteiger partial charge in [0.1, 0.15) is 0 Å². The first-order valence-corrected chi connectivity index (χ1v) is 13.8. The lowest BCUT2D eigenvalue weighted by Crippen LogP contribution is -2.25. The molecular weight excluding hydrogens is 432 g/mol. The number of benzene rings is 2. The first kappa shape index (κ1) is 24.8. The minimum atomic E-state index is 0.494. The smallest absolute Gasteiger partial charge is 0.0880 e. The van der Waals surface area contributed by atoms with Crippen LogP contribution in [0.3, 0.4) is 0 Å². The Morgan fingerprint density at radius 2 is 1.81 bits per heavy atom. The molecule has 0 amide bonds. The van der Waals surface area contributed by atoms with Crippen LogP contribution in [0.15, 0.2) is 47.4 Å². The van der Waals surface area contributed by atoms with Gasteiger partial charge in [-0.25, -0.2) is 0 Å². The third-order valence-electron chi connectivity index (χ3n) is 5.99. The van der Waals surface area contributed by atoms with Crippen LogP contribution in [-0.4, -0.2) is 50.3 Å². The highest BCUT2D eigenvalue weighted by Gasteiger charge is 2.21. The normalized spacial score (nSPS) is 14.0. The number of rotatable bonds is 12. The van der Waals surface area contributed by atoms with E-state index in [0.29, 0.717) is 6.54 Å². The standard InChI is InChI=1S/C26H36N4S2/c1-4-5-6-7-8-19-32-24-12-9-22(10-13-24)25-20-23(11-14-26(25)28(2)31-3)30-18-17-29(21-30)16-15-27/h9-14,20H,4-8,16-19,21H2,1-3H3. The molecule has 1 aliphatic heterocycles. The maximum absolute atomic E-state index is 9.01. The molecule has 0 N–H and O–H groups in total. The number of hydrogen-bond donors (Lipinski definition) is 0. The Morgan fingerprint density at radius 3 is 2.53 bits per heavy atom. The second-order valence-electron chi connectivity index (χ2n) is 8.28. The second-order valence-corrected chi connectivity index (χ2v) is 10.4. The largest absolute Gasteiger partial charge is 0.357 e. The summed E-state index contributed by atoms with van der Waals surface area (Å²) in [4.78, 5) is 5.91. The van der Waals surface area contributed by atoms with Crippen LogP contribution in [0.4, 0.5) is 11.4 Å². The maximum Gasteiger partial charge on any atom is 0.0880 e. The van der Waals surface area contributed by atoms with Crippen LogP contribution in [0, 0.1) is 11.3 Å². The lowest BCUT2D eigenvalue weighted by atomic mass is 10.0. The SMILES string of the molecule is CCCCCCCSc1ccc(-c2cc(N3CCN(CC#N)C3)ccc2N(C)SC)cc1. The van der Waals surface area contributed by atoms with Crippen molar-refractivity contribution >= 4 is 35.1 Å². The number of anilines is 2. The number of hydrogen-bond acceptors (Lipinski definition) is 6. The zero-order valence-corrected chi connectivity index (χ0v) is 21.4. The van der Waals surface area contributed by atoms with E-state index < -0.39 is 0 Å². The van der Waals surface area contributed by atoms with Crippen molar-refractivity contribution < 1.29 is 0 Å². The van der Waals surface area contributed by atoms with E-state index >= 15 is 0 Å². The molecule has 0 aromatic heterocycles. The lowest BCUT2D eigenvalue weighted by molar-refractivity contribution is 0.384. The fourth-order valence-corrected chi connectivity index (χ4v) is 5.30. The molecular formula is C26H36N4S2. The van der Waals surface area contributed by atoms with E-state index in [1.807, 2.05) is 11.8 Å². The summed E-state index contributed by atoms with van der Waals surface area (Å²) in [6.07, 6.45) is 8.79. The molecule has 0 aliphatic carbocycles. The van der Waals surface area contributed by atoms with Gasteiger partial charge in [-0.05, 0) is 48.1 Å². The van der Waals surface area contributed by atoms with Crippen molar-refractivity contribution in [2.75, 3.05) is 54.6 Å². The summed E-state index contributed by atoms with van der Waals surface area (Å²) in [5, 5.41) is 9.01. The Morgan fingerprint density at radius 1 is 1.03 bits per heavy atom. The fraction of sp³-hybridized carbons (Fsp3) is 0.500. The first-order chi connectivity index (χ1) is 15.7. The molecule has 2 aromatic carbocycles. The van der Waals surface area contributed by atoms with Crippen LogP contribution in [-0.2, 0) is 0 Å². The summed E-state index contributed by atoms with van der Waals surface area (Å²) >= 11 is 3.70. The van der Waals surface area contributed by atoms with E-state index in [1.54, 1.807) is 11.9 Å². The second kappa shape index (κ2) is 13.0. The van der Waals surface area contributed by atoms with Crippen molar-refractivity contribution in [2.24, 2.45) is 0 Å². The number of unbranched alkanes of at least 4 members (excludes halogenated alkanes) is 4. The Labute approximate surface area is 203 Å². The summed E-state index contributed by atoms with van der Waals surface area (Å²) in [5.41, 5.74) is 4.97. The van der Waals surface area contributed by atoms with Gasteiger partial charge >= 0.3 is 0 Å². The van der Waals surface area contributed by atoms with Gasteiger partial charge in [-0.3, -0.25) is 4.90 Å². The van der Waals surface area contributed by atoms with E-state index in [-0.39, 0.29) is 0 Å². The first-order valence-electron chi connectivity index (χ1n) is 11.7. The number of thioether (sulfide) groups is 1. The Kier molecular flexibility index (Phi) is 10.1. The lowest BCUT2D eigenvalue weighted by Gasteiger charge is -2.24. The average Bonchev–Trinajstić information content (AvgIpc) is 3.30. The van der Waals surface area contributed by atoms with Crippen molar-refractivity contribution in [3.05, 3.63) is 42.5 Å². The highest BCUT2D eigenvalue weighted by atomic mass is 32.2. The zero-order chi connectivity index (χ0) is 22.8. The molecule has 0 unspecified atom stereocenters. The van der Waals surface area contributed by atoms with Crippen molar-refractivity contribution in [1.82, 2.24) is 4.90 Å². The highest BCUT2D eigenvalue weighted by molar-refractivity contribution is 8.00. The van der Waals surface area contributed by atoms with Gasteiger partial charge in [-0.1, -0.05) is 56.7 Å². The summed E-state index contributed by atoms with van der Waals surface area (Å²) in [6.45, 7) is 5.49. The Balaban J connectivity index is 1.72. The molecule has 1 heterocycles. The van der Waals surface area contributed by atoms with Gasteiger partial charge < -0.3 is 9.21 Å². The van der Waals surface area contributed by atoms with Crippen LogP contribution in [0.1, 0.15) is 39.0 Å². The predicted octanol–water partition coefficient (Wildman–Crippen LogP) is 6.73.